The molecule has 0 spiro atoms. The number of sulfone groups is 1. The number of hydrogen-bond donors (Lipinski definition) is 0. The number of aldehydes is 1. The minimum Gasteiger partial charge on any atom is -0.303 e. The van der Waals surface area contributed by atoms with Crippen molar-refractivity contribution in [3.05, 3.63) is 35.6 Å². The van der Waals surface area contributed by atoms with Crippen LogP contribution in [0.15, 0.2) is 24.3 Å². The van der Waals surface area contributed by atoms with E-state index in [1.165, 1.54) is 12.1 Å². The third-order valence-electron chi connectivity index (χ3n) is 3.24. The molecule has 0 aliphatic heterocycles. The van der Waals surface area contributed by atoms with E-state index in [2.05, 4.69) is 0 Å². The summed E-state index contributed by atoms with van der Waals surface area (Å²) in [6.45, 7) is 1.57. The van der Waals surface area contributed by atoms with Crippen LogP contribution in [-0.2, 0) is 14.6 Å². The average Bonchev–Trinajstić information content (AvgIpc) is 3.05. The van der Waals surface area contributed by atoms with Crippen molar-refractivity contribution >= 4 is 16.1 Å². The second-order valence-electron chi connectivity index (χ2n) is 4.21. The van der Waals surface area contributed by atoms with Crippen LogP contribution >= 0.6 is 0 Å². The number of carbonyl (C=O) groups excluding carboxylic acids is 1. The second-order valence-corrected chi connectivity index (χ2v) is 6.65. The van der Waals surface area contributed by atoms with Gasteiger partial charge in [-0.05, 0) is 17.7 Å². The topological polar surface area (TPSA) is 51.2 Å². The lowest BCUT2D eigenvalue weighted by atomic mass is 10.1. The normalized spacial score (nSPS) is 27.8. The maximum Gasteiger partial charge on any atom is 0.154 e. The Morgan fingerprint density at radius 3 is 2.35 bits per heavy atom. The number of rotatable bonds is 4. The molecule has 0 bridgehead atoms. The molecule has 1 aromatic rings. The molecule has 3 nitrogen and oxygen atoms in total. The van der Waals surface area contributed by atoms with E-state index in [1.54, 1.807) is 19.1 Å². The van der Waals surface area contributed by atoms with Crippen LogP contribution in [0.3, 0.4) is 0 Å². The molecule has 92 valence electrons. The Labute approximate surface area is 99.6 Å². The molecule has 0 aromatic heterocycles. The minimum absolute atomic E-state index is 0.0275. The van der Waals surface area contributed by atoms with Crippen molar-refractivity contribution in [1.82, 2.24) is 0 Å². The van der Waals surface area contributed by atoms with Crippen molar-refractivity contribution in [2.75, 3.05) is 5.75 Å². The van der Waals surface area contributed by atoms with Gasteiger partial charge in [0, 0.05) is 17.6 Å². The van der Waals surface area contributed by atoms with Crippen LogP contribution in [0.1, 0.15) is 18.4 Å². The van der Waals surface area contributed by atoms with Gasteiger partial charge < -0.3 is 4.79 Å². The Hall–Kier alpha value is -1.23. The zero-order valence-electron chi connectivity index (χ0n) is 9.34. The van der Waals surface area contributed by atoms with Crippen LogP contribution in [0.4, 0.5) is 4.39 Å². The van der Waals surface area contributed by atoms with E-state index in [-0.39, 0.29) is 17.5 Å². The Morgan fingerprint density at radius 1 is 1.29 bits per heavy atom. The SMILES string of the molecule is CCS(=O)(=O)[C@H]1[C@H](C=O)[C@@H]1c1ccc(F)cc1. The predicted molar refractivity (Wildman–Crippen MR) is 61.9 cm³/mol. The molecule has 0 N–H and O–H groups in total. The summed E-state index contributed by atoms with van der Waals surface area (Å²) in [6, 6.07) is 5.65. The third kappa shape index (κ3) is 2.11. The zero-order chi connectivity index (χ0) is 12.6. The maximum absolute atomic E-state index is 12.8. The lowest BCUT2D eigenvalue weighted by Gasteiger charge is -2.00. The first-order chi connectivity index (χ1) is 8.01. The van der Waals surface area contributed by atoms with Gasteiger partial charge in [-0.2, -0.15) is 0 Å². The summed E-state index contributed by atoms with van der Waals surface area (Å²) in [5.41, 5.74) is 0.713. The fourth-order valence-corrected chi connectivity index (χ4v) is 4.01. The smallest absolute Gasteiger partial charge is 0.154 e. The number of hydrogen-bond acceptors (Lipinski definition) is 3. The van der Waals surface area contributed by atoms with Gasteiger partial charge in [0.05, 0.1) is 5.25 Å². The van der Waals surface area contributed by atoms with E-state index in [1.807, 2.05) is 0 Å². The molecular formula is C12H13FO3S. The van der Waals surface area contributed by atoms with Gasteiger partial charge in [0.25, 0.3) is 0 Å². The Balaban J connectivity index is 2.29. The molecule has 0 saturated heterocycles. The quantitative estimate of drug-likeness (QED) is 0.768. The highest BCUT2D eigenvalue weighted by Crippen LogP contribution is 2.51. The molecule has 0 heterocycles. The zero-order valence-corrected chi connectivity index (χ0v) is 10.2. The van der Waals surface area contributed by atoms with Crippen molar-refractivity contribution in [3.63, 3.8) is 0 Å². The average molecular weight is 256 g/mol. The molecule has 1 fully saturated rings. The minimum atomic E-state index is -3.22. The van der Waals surface area contributed by atoms with Crippen LogP contribution in [0.2, 0.25) is 0 Å². The van der Waals surface area contributed by atoms with Gasteiger partial charge in [0.15, 0.2) is 9.84 Å². The first kappa shape index (κ1) is 12.2. The van der Waals surface area contributed by atoms with Crippen LogP contribution in [-0.4, -0.2) is 25.7 Å². The first-order valence-corrected chi connectivity index (χ1v) is 7.15. The van der Waals surface area contributed by atoms with Crippen LogP contribution in [0.5, 0.6) is 0 Å². The van der Waals surface area contributed by atoms with E-state index in [0.717, 1.165) is 0 Å². The molecular weight excluding hydrogens is 243 g/mol. The highest BCUT2D eigenvalue weighted by atomic mass is 32.2. The van der Waals surface area contributed by atoms with Crippen molar-refractivity contribution in [2.24, 2.45) is 5.92 Å². The van der Waals surface area contributed by atoms with Crippen LogP contribution in [0, 0.1) is 11.7 Å². The Bertz CT molecular complexity index is 521. The fourth-order valence-electron chi connectivity index (χ4n) is 2.22. The van der Waals surface area contributed by atoms with Gasteiger partial charge >= 0.3 is 0 Å². The summed E-state index contributed by atoms with van der Waals surface area (Å²) in [6.07, 6.45) is 0.686. The van der Waals surface area contributed by atoms with Crippen LogP contribution < -0.4 is 0 Å². The third-order valence-corrected chi connectivity index (χ3v) is 5.48. The van der Waals surface area contributed by atoms with E-state index < -0.39 is 21.0 Å². The summed E-state index contributed by atoms with van der Waals surface area (Å²) < 4.78 is 36.3. The molecule has 5 heteroatoms. The van der Waals surface area contributed by atoms with Crippen molar-refractivity contribution in [2.45, 2.75) is 18.1 Å². The van der Waals surface area contributed by atoms with E-state index in [9.17, 15) is 17.6 Å². The summed E-state index contributed by atoms with van der Waals surface area (Å²) in [5.74, 6) is -1.13. The van der Waals surface area contributed by atoms with Gasteiger partial charge in [-0.15, -0.1) is 0 Å². The number of benzene rings is 1. The highest BCUT2D eigenvalue weighted by molar-refractivity contribution is 7.92. The van der Waals surface area contributed by atoms with Crippen molar-refractivity contribution in [1.29, 1.82) is 0 Å². The molecule has 0 radical (unpaired) electrons. The molecule has 2 rings (SSSR count). The molecule has 1 saturated carbocycles. The standard InChI is InChI=1S/C12H13FO3S/c1-2-17(15,16)12-10(7-14)11(12)8-3-5-9(13)6-4-8/h3-7,10-12H,2H2,1H3/t10-,11+,12+/m1/s1. The number of carbonyl (C=O) groups is 1. The first-order valence-electron chi connectivity index (χ1n) is 5.43. The van der Waals surface area contributed by atoms with Crippen molar-refractivity contribution in [3.8, 4) is 0 Å². The maximum atomic E-state index is 12.8. The van der Waals surface area contributed by atoms with Gasteiger partial charge in [0.1, 0.15) is 12.1 Å². The summed E-state index contributed by atoms with van der Waals surface area (Å²) in [4.78, 5) is 10.9. The molecule has 1 aromatic carbocycles. The lowest BCUT2D eigenvalue weighted by Crippen LogP contribution is -2.12. The molecule has 17 heavy (non-hydrogen) atoms. The summed E-state index contributed by atoms with van der Waals surface area (Å²) in [5, 5.41) is -0.629. The molecule has 3 atom stereocenters. The predicted octanol–water partition coefficient (Wildman–Crippen LogP) is 1.54. The fraction of sp³-hybridized carbons (Fsp3) is 0.417. The summed E-state index contributed by atoms with van der Waals surface area (Å²) in [7, 11) is -3.22. The van der Waals surface area contributed by atoms with Gasteiger partial charge in [-0.3, -0.25) is 0 Å². The number of halogens is 1. The van der Waals surface area contributed by atoms with Gasteiger partial charge in [-0.1, -0.05) is 19.1 Å². The van der Waals surface area contributed by atoms with Gasteiger partial charge in [-0.25, -0.2) is 12.8 Å². The highest BCUT2D eigenvalue weighted by Gasteiger charge is 2.57. The Morgan fingerprint density at radius 2 is 1.88 bits per heavy atom. The summed E-state index contributed by atoms with van der Waals surface area (Å²) >= 11 is 0. The van der Waals surface area contributed by atoms with E-state index in [0.29, 0.717) is 11.8 Å². The Kier molecular flexibility index (Phi) is 3.03. The van der Waals surface area contributed by atoms with Gasteiger partial charge in [0.2, 0.25) is 0 Å². The van der Waals surface area contributed by atoms with Crippen LogP contribution in [0.25, 0.3) is 0 Å². The molecule has 0 unspecified atom stereocenters. The second kappa shape index (κ2) is 4.22. The monoisotopic (exact) mass is 256 g/mol. The largest absolute Gasteiger partial charge is 0.303 e. The molecule has 1 aliphatic carbocycles. The molecule has 1 aliphatic rings. The van der Waals surface area contributed by atoms with E-state index >= 15 is 0 Å². The lowest BCUT2D eigenvalue weighted by molar-refractivity contribution is -0.108. The van der Waals surface area contributed by atoms with Crippen molar-refractivity contribution < 1.29 is 17.6 Å². The molecule has 0 amide bonds. The van der Waals surface area contributed by atoms with E-state index in [4.69, 9.17) is 0 Å².